The van der Waals surface area contributed by atoms with Gasteiger partial charge in [0.15, 0.2) is 0 Å². The van der Waals surface area contributed by atoms with Crippen molar-refractivity contribution < 1.29 is 14.6 Å². The summed E-state index contributed by atoms with van der Waals surface area (Å²) in [6, 6.07) is 8.92. The first-order valence-corrected chi connectivity index (χ1v) is 14.1. The van der Waals surface area contributed by atoms with Crippen LogP contribution in [0.4, 0.5) is 5.69 Å². The second-order valence-corrected chi connectivity index (χ2v) is 11.8. The average Bonchev–Trinajstić information content (AvgIpc) is 3.20. The Hall–Kier alpha value is -2.50. The van der Waals surface area contributed by atoms with Gasteiger partial charge in [-0.2, -0.15) is 0 Å². The predicted octanol–water partition coefficient (Wildman–Crippen LogP) is 6.74. The Morgan fingerprint density at radius 1 is 1.08 bits per heavy atom. The fourth-order valence-electron chi connectivity index (χ4n) is 6.85. The Labute approximate surface area is 222 Å². The molecule has 1 aliphatic heterocycles. The maximum atomic E-state index is 11.6. The fraction of sp³-hybridized carbons (Fsp3) is 0.562. The minimum atomic E-state index is -0.593. The first kappa shape index (κ1) is 26.1. The van der Waals surface area contributed by atoms with Gasteiger partial charge in [0, 0.05) is 48.6 Å². The zero-order valence-electron chi connectivity index (χ0n) is 23.5. The number of fused-ring (bicyclic) bond motifs is 4. The number of aryl methyl sites for hydroxylation is 2. The lowest BCUT2D eigenvalue weighted by Crippen LogP contribution is -2.34. The van der Waals surface area contributed by atoms with Crippen LogP contribution in [0.25, 0.3) is 10.9 Å². The van der Waals surface area contributed by atoms with Gasteiger partial charge in [0.25, 0.3) is 0 Å². The topological polar surface area (TPSA) is 57.7 Å². The first-order chi connectivity index (χ1) is 17.7. The zero-order chi connectivity index (χ0) is 26.3. The van der Waals surface area contributed by atoms with Crippen LogP contribution in [0.5, 0.6) is 5.75 Å². The second-order valence-electron chi connectivity index (χ2n) is 11.8. The van der Waals surface area contributed by atoms with E-state index in [1.165, 1.54) is 64.5 Å². The molecule has 0 saturated carbocycles. The highest BCUT2D eigenvalue weighted by molar-refractivity contribution is 5.89. The Balaban J connectivity index is 1.62. The van der Waals surface area contributed by atoms with Crippen molar-refractivity contribution in [3.63, 3.8) is 0 Å². The third-order valence-electron chi connectivity index (χ3n) is 8.73. The molecule has 2 aromatic carbocycles. The number of aromatic amines is 1. The molecule has 0 amide bonds. The molecule has 1 aliphatic carbocycles. The van der Waals surface area contributed by atoms with E-state index in [0.29, 0.717) is 19.6 Å². The molecule has 5 heteroatoms. The van der Waals surface area contributed by atoms with Gasteiger partial charge in [-0.1, -0.05) is 39.7 Å². The number of anilines is 1. The van der Waals surface area contributed by atoms with Crippen LogP contribution in [0.1, 0.15) is 86.1 Å². The van der Waals surface area contributed by atoms with E-state index >= 15 is 0 Å². The molecule has 0 bridgehead atoms. The number of nitrogens with zero attached hydrogens (tertiary/aromatic N) is 1. The number of benzene rings is 2. The summed E-state index contributed by atoms with van der Waals surface area (Å²) in [6.45, 7) is 14.3. The highest BCUT2D eigenvalue weighted by Crippen LogP contribution is 2.48. The number of hydrogen-bond donors (Lipinski definition) is 2. The molecule has 1 atom stereocenters. The molecule has 0 spiro atoms. The number of aliphatic hydroxyl groups excluding tert-OH is 1. The van der Waals surface area contributed by atoms with Gasteiger partial charge < -0.3 is 24.5 Å². The van der Waals surface area contributed by atoms with Crippen LogP contribution in [-0.4, -0.2) is 43.5 Å². The standard InChI is InChI=1S/C32H44N2O3/c1-7-8-22-9-11-34(12-10-22)27-19-25-23(18-29(27)37-14-13-36-6)28(35)17-24-30-21(3)15-20(2)16-26(30)33-31(24)32(25,4)5/h15-16,18-19,22,28,33,35H,7-14,17H2,1-6H3. The lowest BCUT2D eigenvalue weighted by Gasteiger charge is -2.36. The van der Waals surface area contributed by atoms with Gasteiger partial charge in [0.1, 0.15) is 12.4 Å². The van der Waals surface area contributed by atoms with Crippen molar-refractivity contribution in [3.8, 4) is 5.75 Å². The summed E-state index contributed by atoms with van der Waals surface area (Å²) < 4.78 is 11.6. The predicted molar refractivity (Wildman–Crippen MR) is 152 cm³/mol. The molecular weight excluding hydrogens is 460 g/mol. The molecule has 37 heavy (non-hydrogen) atoms. The van der Waals surface area contributed by atoms with E-state index in [4.69, 9.17) is 9.47 Å². The molecule has 2 aliphatic rings. The first-order valence-electron chi connectivity index (χ1n) is 14.1. The maximum absolute atomic E-state index is 11.6. The van der Waals surface area contributed by atoms with Crippen molar-refractivity contribution in [2.75, 3.05) is 38.3 Å². The summed E-state index contributed by atoms with van der Waals surface area (Å²) in [4.78, 5) is 6.29. The van der Waals surface area contributed by atoms with E-state index in [0.717, 1.165) is 36.0 Å². The molecule has 5 rings (SSSR count). The Morgan fingerprint density at radius 3 is 2.54 bits per heavy atom. The van der Waals surface area contributed by atoms with Crippen LogP contribution in [0.2, 0.25) is 0 Å². The molecule has 200 valence electrons. The minimum Gasteiger partial charge on any atom is -0.489 e. The highest BCUT2D eigenvalue weighted by atomic mass is 16.5. The number of nitrogens with one attached hydrogen (secondary N) is 1. The molecular formula is C32H44N2O3. The molecule has 0 radical (unpaired) electrons. The molecule has 1 saturated heterocycles. The number of piperidine rings is 1. The van der Waals surface area contributed by atoms with Gasteiger partial charge in [0.05, 0.1) is 18.4 Å². The third kappa shape index (κ3) is 4.77. The van der Waals surface area contributed by atoms with Crippen LogP contribution in [0.15, 0.2) is 24.3 Å². The van der Waals surface area contributed by atoms with Gasteiger partial charge in [-0.15, -0.1) is 0 Å². The Kier molecular flexibility index (Phi) is 7.30. The van der Waals surface area contributed by atoms with Crippen LogP contribution in [-0.2, 0) is 16.6 Å². The Morgan fingerprint density at radius 2 is 1.84 bits per heavy atom. The smallest absolute Gasteiger partial charge is 0.143 e. The molecule has 3 aromatic rings. The van der Waals surface area contributed by atoms with E-state index in [1.54, 1.807) is 7.11 Å². The lowest BCUT2D eigenvalue weighted by molar-refractivity contribution is 0.145. The van der Waals surface area contributed by atoms with Gasteiger partial charge in [-0.25, -0.2) is 0 Å². The van der Waals surface area contributed by atoms with Crippen molar-refractivity contribution in [1.29, 1.82) is 0 Å². The van der Waals surface area contributed by atoms with E-state index < -0.39 is 6.10 Å². The van der Waals surface area contributed by atoms with Gasteiger partial charge in [0.2, 0.25) is 0 Å². The van der Waals surface area contributed by atoms with Gasteiger partial charge >= 0.3 is 0 Å². The summed E-state index contributed by atoms with van der Waals surface area (Å²) in [6.07, 6.45) is 5.01. The summed E-state index contributed by atoms with van der Waals surface area (Å²) in [5.74, 6) is 1.68. The number of ether oxygens (including phenoxy) is 2. The molecule has 2 heterocycles. The number of hydrogen-bond acceptors (Lipinski definition) is 4. The van der Waals surface area contributed by atoms with Crippen molar-refractivity contribution in [3.05, 3.63) is 57.8 Å². The van der Waals surface area contributed by atoms with Crippen molar-refractivity contribution in [1.82, 2.24) is 4.98 Å². The normalized spacial score (nSPS) is 19.5. The summed E-state index contributed by atoms with van der Waals surface area (Å²) >= 11 is 0. The summed E-state index contributed by atoms with van der Waals surface area (Å²) in [5.41, 5.74) is 9.17. The van der Waals surface area contributed by atoms with Crippen LogP contribution in [0.3, 0.4) is 0 Å². The van der Waals surface area contributed by atoms with E-state index in [2.05, 4.69) is 68.8 Å². The van der Waals surface area contributed by atoms with Crippen LogP contribution < -0.4 is 9.64 Å². The summed E-state index contributed by atoms with van der Waals surface area (Å²) in [5, 5.41) is 12.9. The highest BCUT2D eigenvalue weighted by Gasteiger charge is 2.38. The van der Waals surface area contributed by atoms with E-state index in [-0.39, 0.29) is 5.41 Å². The molecule has 2 N–H and O–H groups in total. The zero-order valence-corrected chi connectivity index (χ0v) is 23.5. The largest absolute Gasteiger partial charge is 0.489 e. The number of aromatic nitrogens is 1. The maximum Gasteiger partial charge on any atom is 0.143 e. The Bertz CT molecular complexity index is 1270. The number of rotatable bonds is 7. The lowest BCUT2D eigenvalue weighted by atomic mass is 9.78. The van der Waals surface area contributed by atoms with Crippen molar-refractivity contribution >= 4 is 16.6 Å². The molecule has 1 fully saturated rings. The van der Waals surface area contributed by atoms with Gasteiger partial charge in [-0.05, 0) is 78.6 Å². The van der Waals surface area contributed by atoms with E-state index in [9.17, 15) is 5.11 Å². The molecule has 1 unspecified atom stereocenters. The molecule has 1 aromatic heterocycles. The summed E-state index contributed by atoms with van der Waals surface area (Å²) in [7, 11) is 1.70. The van der Waals surface area contributed by atoms with Crippen molar-refractivity contribution in [2.45, 2.75) is 78.2 Å². The quantitative estimate of drug-likeness (QED) is 0.350. The number of H-pyrrole nitrogens is 1. The fourth-order valence-corrected chi connectivity index (χ4v) is 6.85. The minimum absolute atomic E-state index is 0.290. The molecule has 5 nitrogen and oxygen atoms in total. The third-order valence-corrected chi connectivity index (χ3v) is 8.73. The number of aliphatic hydroxyl groups is 1. The van der Waals surface area contributed by atoms with E-state index in [1.807, 2.05) is 0 Å². The van der Waals surface area contributed by atoms with Crippen molar-refractivity contribution in [2.24, 2.45) is 5.92 Å². The monoisotopic (exact) mass is 504 g/mol. The number of methoxy groups -OCH3 is 1. The van der Waals surface area contributed by atoms with Crippen LogP contribution >= 0.6 is 0 Å². The van der Waals surface area contributed by atoms with Crippen LogP contribution in [0, 0.1) is 19.8 Å². The SMILES string of the molecule is CCCC1CCN(c2cc3c(cc2OCCOC)C(O)Cc2c([nH]c4cc(C)cc(C)c24)C3(C)C)CC1. The second kappa shape index (κ2) is 10.3. The van der Waals surface area contributed by atoms with Gasteiger partial charge in [-0.3, -0.25) is 0 Å². The average molecular weight is 505 g/mol.